The average Bonchev–Trinajstić information content (AvgIpc) is 3.00. The second-order valence-electron chi connectivity index (χ2n) is 6.20. The molecule has 2 N–H and O–H groups in total. The van der Waals surface area contributed by atoms with Gasteiger partial charge in [0, 0.05) is 19.1 Å². The van der Waals surface area contributed by atoms with E-state index in [2.05, 4.69) is 48.3 Å². The summed E-state index contributed by atoms with van der Waals surface area (Å²) < 4.78 is 5.88. The lowest BCUT2D eigenvalue weighted by Crippen LogP contribution is -2.47. The van der Waals surface area contributed by atoms with Crippen LogP contribution in [0.5, 0.6) is 0 Å². The first kappa shape index (κ1) is 19.0. The zero-order valence-corrected chi connectivity index (χ0v) is 16.1. The van der Waals surface area contributed by atoms with Crippen LogP contribution in [0.15, 0.2) is 4.99 Å². The highest BCUT2D eigenvalue weighted by Crippen LogP contribution is 2.34. The fraction of sp³-hybridized carbons (Fsp3) is 0.933. The number of ether oxygens (including phenoxy) is 1. The van der Waals surface area contributed by atoms with Crippen molar-refractivity contribution < 1.29 is 4.74 Å². The molecule has 3 unspecified atom stereocenters. The zero-order chi connectivity index (χ0) is 14.5. The molecule has 2 rings (SSSR count). The maximum absolute atomic E-state index is 5.88. The molecule has 3 atom stereocenters. The quantitative estimate of drug-likeness (QED) is 0.399. The smallest absolute Gasteiger partial charge is 0.191 e. The number of nitrogens with zero attached hydrogens (tertiary/aromatic N) is 2. The van der Waals surface area contributed by atoms with Crippen LogP contribution in [0.1, 0.15) is 40.0 Å². The van der Waals surface area contributed by atoms with Crippen molar-refractivity contribution in [2.75, 3.05) is 26.7 Å². The Balaban J connectivity index is 0.00000220. The van der Waals surface area contributed by atoms with Gasteiger partial charge in [0.2, 0.25) is 0 Å². The second kappa shape index (κ2) is 9.15. The highest BCUT2D eigenvalue weighted by Gasteiger charge is 2.41. The van der Waals surface area contributed by atoms with E-state index >= 15 is 0 Å². The highest BCUT2D eigenvalue weighted by molar-refractivity contribution is 14.0. The SMILES string of the molecule is CCNC(=NCCN(C)C(C)C)NC1CC2CCC1O2.I. The van der Waals surface area contributed by atoms with Crippen LogP contribution in [-0.2, 0) is 4.74 Å². The van der Waals surface area contributed by atoms with E-state index in [1.54, 1.807) is 0 Å². The van der Waals surface area contributed by atoms with Crippen molar-refractivity contribution in [3.63, 3.8) is 0 Å². The first-order valence-electron chi connectivity index (χ1n) is 8.00. The van der Waals surface area contributed by atoms with Gasteiger partial charge in [-0.1, -0.05) is 0 Å². The van der Waals surface area contributed by atoms with Crippen LogP contribution in [-0.4, -0.2) is 61.8 Å². The maximum Gasteiger partial charge on any atom is 0.191 e. The van der Waals surface area contributed by atoms with Gasteiger partial charge in [0.25, 0.3) is 0 Å². The van der Waals surface area contributed by atoms with E-state index in [9.17, 15) is 0 Å². The molecule has 0 radical (unpaired) electrons. The number of fused-ring (bicyclic) bond motifs is 2. The first-order valence-corrected chi connectivity index (χ1v) is 8.00. The van der Waals surface area contributed by atoms with Crippen molar-refractivity contribution in [3.8, 4) is 0 Å². The molecule has 6 heteroatoms. The molecule has 0 aromatic heterocycles. The lowest BCUT2D eigenvalue weighted by molar-refractivity contribution is 0.0992. The van der Waals surface area contributed by atoms with Crippen molar-refractivity contribution in [1.29, 1.82) is 0 Å². The third kappa shape index (κ3) is 5.56. The summed E-state index contributed by atoms with van der Waals surface area (Å²) in [5, 5.41) is 6.88. The van der Waals surface area contributed by atoms with Gasteiger partial charge in [-0.2, -0.15) is 0 Å². The van der Waals surface area contributed by atoms with E-state index < -0.39 is 0 Å². The Morgan fingerprint density at radius 3 is 2.67 bits per heavy atom. The van der Waals surface area contributed by atoms with Crippen LogP contribution in [0.4, 0.5) is 0 Å². The number of aliphatic imine (C=N–C) groups is 1. The minimum atomic E-state index is 0. The lowest BCUT2D eigenvalue weighted by Gasteiger charge is -2.23. The molecule has 2 heterocycles. The van der Waals surface area contributed by atoms with Crippen LogP contribution in [0.2, 0.25) is 0 Å². The van der Waals surface area contributed by atoms with Crippen LogP contribution in [0.25, 0.3) is 0 Å². The monoisotopic (exact) mass is 410 g/mol. The first-order chi connectivity index (χ1) is 9.60. The molecule has 0 aromatic rings. The molecule has 0 aromatic carbocycles. The Morgan fingerprint density at radius 1 is 1.38 bits per heavy atom. The van der Waals surface area contributed by atoms with Gasteiger partial charge in [-0.05, 0) is 47.1 Å². The summed E-state index contributed by atoms with van der Waals surface area (Å²) in [5.74, 6) is 0.936. The molecular formula is C15H31IN4O. The average molecular weight is 410 g/mol. The summed E-state index contributed by atoms with van der Waals surface area (Å²) in [6, 6.07) is 1.01. The Bertz CT molecular complexity index is 338. The number of guanidine groups is 1. The van der Waals surface area contributed by atoms with Crippen molar-refractivity contribution in [2.45, 2.75) is 64.3 Å². The van der Waals surface area contributed by atoms with Gasteiger partial charge in [0.1, 0.15) is 0 Å². The Hall–Kier alpha value is -0.0800. The Kier molecular flexibility index (Phi) is 8.26. The van der Waals surface area contributed by atoms with Crippen LogP contribution < -0.4 is 10.6 Å². The van der Waals surface area contributed by atoms with Crippen molar-refractivity contribution in [2.24, 2.45) is 4.99 Å². The van der Waals surface area contributed by atoms with E-state index in [0.29, 0.717) is 24.3 Å². The summed E-state index contributed by atoms with van der Waals surface area (Å²) in [4.78, 5) is 6.99. The van der Waals surface area contributed by atoms with Gasteiger partial charge in [0.15, 0.2) is 5.96 Å². The van der Waals surface area contributed by atoms with Crippen molar-refractivity contribution in [3.05, 3.63) is 0 Å². The normalized spacial score (nSPS) is 28.1. The number of halogens is 1. The largest absolute Gasteiger partial charge is 0.373 e. The molecule has 2 saturated heterocycles. The fourth-order valence-corrected chi connectivity index (χ4v) is 2.86. The van der Waals surface area contributed by atoms with Gasteiger partial charge < -0.3 is 20.3 Å². The number of rotatable bonds is 6. The number of nitrogens with one attached hydrogen (secondary N) is 2. The summed E-state index contributed by atoms with van der Waals surface area (Å²) in [5.41, 5.74) is 0. The van der Waals surface area contributed by atoms with Crippen LogP contribution in [0, 0.1) is 0 Å². The molecule has 2 fully saturated rings. The third-order valence-corrected chi connectivity index (χ3v) is 4.38. The minimum absolute atomic E-state index is 0. The number of hydrogen-bond donors (Lipinski definition) is 2. The van der Waals surface area contributed by atoms with Crippen LogP contribution >= 0.6 is 24.0 Å². The van der Waals surface area contributed by atoms with Crippen molar-refractivity contribution >= 4 is 29.9 Å². The van der Waals surface area contributed by atoms with Crippen LogP contribution in [0.3, 0.4) is 0 Å². The standard InChI is InChI=1S/C15H30N4O.HI/c1-5-16-15(17-8-9-19(4)11(2)3)18-13-10-12-6-7-14(13)20-12;/h11-14H,5-10H2,1-4H3,(H2,16,17,18);1H. The number of hydrogen-bond acceptors (Lipinski definition) is 3. The predicted octanol–water partition coefficient (Wildman–Crippen LogP) is 1.82. The van der Waals surface area contributed by atoms with E-state index in [1.807, 2.05) is 0 Å². The third-order valence-electron chi connectivity index (χ3n) is 4.38. The van der Waals surface area contributed by atoms with Gasteiger partial charge in [-0.15, -0.1) is 24.0 Å². The molecule has 124 valence electrons. The molecule has 0 saturated carbocycles. The molecular weight excluding hydrogens is 379 g/mol. The predicted molar refractivity (Wildman–Crippen MR) is 98.6 cm³/mol. The van der Waals surface area contributed by atoms with Gasteiger partial charge in [-0.25, -0.2) is 0 Å². The summed E-state index contributed by atoms with van der Waals surface area (Å²) >= 11 is 0. The van der Waals surface area contributed by atoms with Crippen molar-refractivity contribution in [1.82, 2.24) is 15.5 Å². The summed E-state index contributed by atoms with van der Waals surface area (Å²) in [7, 11) is 2.14. The van der Waals surface area contributed by atoms with Gasteiger partial charge >= 0.3 is 0 Å². The molecule has 2 aliphatic heterocycles. The fourth-order valence-electron chi connectivity index (χ4n) is 2.86. The highest BCUT2D eigenvalue weighted by atomic mass is 127. The molecule has 21 heavy (non-hydrogen) atoms. The Labute approximate surface area is 146 Å². The van der Waals surface area contributed by atoms with Gasteiger partial charge in [0.05, 0.1) is 24.8 Å². The Morgan fingerprint density at radius 2 is 2.14 bits per heavy atom. The minimum Gasteiger partial charge on any atom is -0.373 e. The van der Waals surface area contributed by atoms with Gasteiger partial charge in [-0.3, -0.25) is 4.99 Å². The molecule has 0 spiro atoms. The zero-order valence-electron chi connectivity index (χ0n) is 13.8. The number of likely N-dealkylation sites (N-methyl/N-ethyl adjacent to an activating group) is 1. The molecule has 0 aliphatic carbocycles. The molecule has 5 nitrogen and oxygen atoms in total. The lowest BCUT2D eigenvalue weighted by atomic mass is 9.96. The van der Waals surface area contributed by atoms with E-state index in [0.717, 1.165) is 32.0 Å². The topological polar surface area (TPSA) is 48.9 Å². The van der Waals surface area contributed by atoms with E-state index in [1.165, 1.54) is 12.8 Å². The summed E-state index contributed by atoms with van der Waals surface area (Å²) in [6.07, 6.45) is 4.42. The molecule has 2 bridgehead atoms. The second-order valence-corrected chi connectivity index (χ2v) is 6.20. The van der Waals surface area contributed by atoms with E-state index in [-0.39, 0.29) is 24.0 Å². The molecule has 0 amide bonds. The maximum atomic E-state index is 5.88. The van der Waals surface area contributed by atoms with E-state index in [4.69, 9.17) is 4.74 Å². The molecule has 2 aliphatic rings. The summed E-state index contributed by atoms with van der Waals surface area (Å²) in [6.45, 7) is 9.23.